The predicted molar refractivity (Wildman–Crippen MR) is 62.7 cm³/mol. The van der Waals surface area contributed by atoms with Crippen LogP contribution >= 0.6 is 0 Å². The van der Waals surface area contributed by atoms with Crippen LogP contribution in [0.5, 0.6) is 0 Å². The average molecular weight is 253 g/mol. The normalized spacial score (nSPS) is 36.8. The second-order valence-corrected chi connectivity index (χ2v) is 5.28. The molecule has 3 rings (SSSR count). The molecule has 0 spiro atoms. The quantitative estimate of drug-likeness (QED) is 0.849. The lowest BCUT2D eigenvalue weighted by Crippen LogP contribution is -2.51. The first-order valence-corrected chi connectivity index (χ1v) is 6.46. The molecule has 1 aromatic rings. The summed E-state index contributed by atoms with van der Waals surface area (Å²) in [5, 5.41) is 13.7. The highest BCUT2D eigenvalue weighted by molar-refractivity contribution is 5.05. The van der Waals surface area contributed by atoms with E-state index in [1.54, 1.807) is 7.11 Å². The van der Waals surface area contributed by atoms with E-state index in [4.69, 9.17) is 9.26 Å². The molecule has 2 aliphatic rings. The minimum atomic E-state index is -0.218. The summed E-state index contributed by atoms with van der Waals surface area (Å²) in [5.41, 5.74) is -0.0943. The van der Waals surface area contributed by atoms with E-state index in [1.807, 2.05) is 0 Å². The van der Waals surface area contributed by atoms with Crippen molar-refractivity contribution in [2.24, 2.45) is 0 Å². The zero-order chi connectivity index (χ0) is 12.6. The summed E-state index contributed by atoms with van der Waals surface area (Å²) >= 11 is 0. The molecular weight excluding hydrogens is 234 g/mol. The van der Waals surface area contributed by atoms with Crippen molar-refractivity contribution in [2.45, 2.75) is 50.0 Å². The Hall–Kier alpha value is -0.980. The van der Waals surface area contributed by atoms with Gasteiger partial charge in [-0.1, -0.05) is 5.16 Å². The summed E-state index contributed by atoms with van der Waals surface area (Å²) in [6.45, 7) is 1.62. The van der Waals surface area contributed by atoms with Gasteiger partial charge in [-0.15, -0.1) is 0 Å². The summed E-state index contributed by atoms with van der Waals surface area (Å²) in [6, 6.07) is 0.254. The summed E-state index contributed by atoms with van der Waals surface area (Å²) < 4.78 is 10.5. The van der Waals surface area contributed by atoms with E-state index in [9.17, 15) is 5.11 Å². The van der Waals surface area contributed by atoms with Crippen LogP contribution < -0.4 is 0 Å². The molecule has 6 heteroatoms. The molecule has 0 unspecified atom stereocenters. The zero-order valence-corrected chi connectivity index (χ0v) is 10.6. The molecule has 1 aliphatic heterocycles. The van der Waals surface area contributed by atoms with Crippen molar-refractivity contribution in [3.63, 3.8) is 0 Å². The van der Waals surface area contributed by atoms with E-state index >= 15 is 0 Å². The van der Waals surface area contributed by atoms with Gasteiger partial charge in [-0.25, -0.2) is 0 Å². The van der Waals surface area contributed by atoms with Crippen molar-refractivity contribution in [3.05, 3.63) is 12.2 Å². The highest BCUT2D eigenvalue weighted by Crippen LogP contribution is 2.42. The third kappa shape index (κ3) is 1.94. The molecule has 1 saturated carbocycles. The van der Waals surface area contributed by atoms with Crippen molar-refractivity contribution < 1.29 is 14.4 Å². The van der Waals surface area contributed by atoms with Gasteiger partial charge in [-0.3, -0.25) is 4.90 Å². The number of likely N-dealkylation sites (tertiary alicyclic amines) is 1. The van der Waals surface area contributed by atoms with Gasteiger partial charge in [0.25, 0.3) is 0 Å². The van der Waals surface area contributed by atoms with E-state index in [2.05, 4.69) is 15.0 Å². The first-order valence-electron chi connectivity index (χ1n) is 6.46. The lowest BCUT2D eigenvalue weighted by Gasteiger charge is -2.42. The maximum absolute atomic E-state index is 9.88. The number of aromatic nitrogens is 2. The van der Waals surface area contributed by atoms with Crippen molar-refractivity contribution >= 4 is 0 Å². The molecular formula is C12H19N3O3. The minimum absolute atomic E-state index is 0.0943. The molecule has 18 heavy (non-hydrogen) atoms. The lowest BCUT2D eigenvalue weighted by molar-refractivity contribution is -0.0882. The van der Waals surface area contributed by atoms with Gasteiger partial charge in [0, 0.05) is 19.7 Å². The molecule has 2 fully saturated rings. The van der Waals surface area contributed by atoms with E-state index in [1.165, 1.54) is 6.39 Å². The van der Waals surface area contributed by atoms with Crippen molar-refractivity contribution in [1.82, 2.24) is 15.0 Å². The molecule has 100 valence electrons. The molecule has 3 atom stereocenters. The van der Waals surface area contributed by atoms with Crippen LogP contribution in [-0.2, 0) is 11.3 Å². The number of ether oxygens (including phenoxy) is 1. The highest BCUT2D eigenvalue weighted by atomic mass is 16.5. The van der Waals surface area contributed by atoms with Gasteiger partial charge in [0.05, 0.1) is 18.2 Å². The number of aliphatic hydroxyl groups excluding tert-OH is 1. The second kappa shape index (κ2) is 4.60. The number of hydrogen-bond acceptors (Lipinski definition) is 6. The fourth-order valence-electron chi connectivity index (χ4n) is 3.40. The second-order valence-electron chi connectivity index (χ2n) is 5.28. The van der Waals surface area contributed by atoms with E-state index in [0.717, 1.165) is 32.2 Å². The minimum Gasteiger partial charge on any atom is -0.393 e. The Balaban J connectivity index is 1.76. The molecule has 1 N–H and O–H groups in total. The summed E-state index contributed by atoms with van der Waals surface area (Å²) in [6.07, 6.45) is 4.68. The number of aliphatic hydroxyl groups is 1. The van der Waals surface area contributed by atoms with Gasteiger partial charge in [0.1, 0.15) is 0 Å². The number of nitrogens with zero attached hydrogens (tertiary/aromatic N) is 3. The summed E-state index contributed by atoms with van der Waals surface area (Å²) in [5.74, 6) is 0.696. The standard InChI is InChI=1S/C12H19N3O3/c1-17-12-3-2-9(16)6-10(12)15(5-4-12)7-11-13-8-18-14-11/h8-10,16H,2-7H2,1H3/t9-,10+,12-/m1/s1. The Bertz CT molecular complexity index is 397. The molecule has 1 aliphatic carbocycles. The first kappa shape index (κ1) is 12.1. The maximum Gasteiger partial charge on any atom is 0.213 e. The van der Waals surface area contributed by atoms with Crippen molar-refractivity contribution in [3.8, 4) is 0 Å². The third-order valence-electron chi connectivity index (χ3n) is 4.42. The van der Waals surface area contributed by atoms with Gasteiger partial charge < -0.3 is 14.4 Å². The van der Waals surface area contributed by atoms with E-state index in [-0.39, 0.29) is 17.7 Å². The van der Waals surface area contributed by atoms with Crippen LogP contribution in [0.25, 0.3) is 0 Å². The fourth-order valence-corrected chi connectivity index (χ4v) is 3.40. The van der Waals surface area contributed by atoms with Gasteiger partial charge in [0.2, 0.25) is 6.39 Å². The van der Waals surface area contributed by atoms with Crippen LogP contribution in [0.3, 0.4) is 0 Å². The maximum atomic E-state index is 9.88. The van der Waals surface area contributed by atoms with E-state index < -0.39 is 0 Å². The fraction of sp³-hybridized carbons (Fsp3) is 0.833. The predicted octanol–water partition coefficient (Wildman–Crippen LogP) is 0.574. The van der Waals surface area contributed by atoms with Crippen LogP contribution in [0.4, 0.5) is 0 Å². The third-order valence-corrected chi connectivity index (χ3v) is 4.42. The number of fused-ring (bicyclic) bond motifs is 1. The van der Waals surface area contributed by atoms with Gasteiger partial charge in [0.15, 0.2) is 5.82 Å². The van der Waals surface area contributed by atoms with Gasteiger partial charge in [-0.2, -0.15) is 4.98 Å². The molecule has 0 aromatic carbocycles. The Morgan fingerprint density at radius 1 is 1.61 bits per heavy atom. The Kier molecular flexibility index (Phi) is 3.09. The lowest BCUT2D eigenvalue weighted by atomic mass is 9.79. The SMILES string of the molecule is CO[C@@]12CC[C@@H](O)C[C@@H]1N(Cc1ncon1)CC2. The Labute approximate surface area is 106 Å². The van der Waals surface area contributed by atoms with Crippen LogP contribution in [0.1, 0.15) is 31.5 Å². The zero-order valence-electron chi connectivity index (χ0n) is 10.6. The molecule has 0 bridgehead atoms. The molecule has 6 nitrogen and oxygen atoms in total. The smallest absolute Gasteiger partial charge is 0.213 e. The van der Waals surface area contributed by atoms with Crippen LogP contribution in [-0.4, -0.2) is 51.5 Å². The van der Waals surface area contributed by atoms with Crippen LogP contribution in [0.15, 0.2) is 10.9 Å². The van der Waals surface area contributed by atoms with Gasteiger partial charge >= 0.3 is 0 Å². The topological polar surface area (TPSA) is 71.6 Å². The van der Waals surface area contributed by atoms with E-state index in [0.29, 0.717) is 12.4 Å². The molecule has 0 radical (unpaired) electrons. The van der Waals surface area contributed by atoms with Crippen molar-refractivity contribution in [2.75, 3.05) is 13.7 Å². The van der Waals surface area contributed by atoms with Crippen molar-refractivity contribution in [1.29, 1.82) is 0 Å². The number of rotatable bonds is 3. The highest BCUT2D eigenvalue weighted by Gasteiger charge is 2.50. The monoisotopic (exact) mass is 253 g/mol. The average Bonchev–Trinajstić information content (AvgIpc) is 3.00. The molecule has 2 heterocycles. The Morgan fingerprint density at radius 3 is 3.22 bits per heavy atom. The Morgan fingerprint density at radius 2 is 2.50 bits per heavy atom. The summed E-state index contributed by atoms with van der Waals surface area (Å²) in [4.78, 5) is 6.36. The number of hydrogen-bond donors (Lipinski definition) is 1. The first-order chi connectivity index (χ1) is 8.73. The van der Waals surface area contributed by atoms with Crippen LogP contribution in [0.2, 0.25) is 0 Å². The van der Waals surface area contributed by atoms with Gasteiger partial charge in [-0.05, 0) is 25.7 Å². The summed E-state index contributed by atoms with van der Waals surface area (Å²) in [7, 11) is 1.78. The largest absolute Gasteiger partial charge is 0.393 e. The number of methoxy groups -OCH3 is 1. The molecule has 0 amide bonds. The molecule has 1 saturated heterocycles. The van der Waals surface area contributed by atoms with Crippen LogP contribution in [0, 0.1) is 0 Å². The molecule has 1 aromatic heterocycles.